The average molecular weight is 721 g/mol. The molecule has 3 aromatic carbocycles. The van der Waals surface area contributed by atoms with Gasteiger partial charge in [0.15, 0.2) is 5.60 Å². The molecule has 0 spiro atoms. The van der Waals surface area contributed by atoms with Crippen LogP contribution >= 0.6 is 0 Å². The molecule has 0 bridgehead atoms. The number of hydrogen-bond acceptors (Lipinski definition) is 8. The van der Waals surface area contributed by atoms with E-state index < -0.39 is 17.4 Å². The van der Waals surface area contributed by atoms with Gasteiger partial charge in [-0.2, -0.15) is 0 Å². The molecule has 2 saturated heterocycles. The maximum absolute atomic E-state index is 14.4. The quantitative estimate of drug-likeness (QED) is 0.165. The van der Waals surface area contributed by atoms with Gasteiger partial charge >= 0.3 is 0 Å². The summed E-state index contributed by atoms with van der Waals surface area (Å²) >= 11 is 0. The van der Waals surface area contributed by atoms with Crippen molar-refractivity contribution in [1.29, 1.82) is 0 Å². The van der Waals surface area contributed by atoms with Crippen LogP contribution in [0, 0.1) is 5.92 Å². The first kappa shape index (κ1) is 36.5. The lowest BCUT2D eigenvalue weighted by atomic mass is 9.82. The highest BCUT2D eigenvalue weighted by Crippen LogP contribution is 2.47. The van der Waals surface area contributed by atoms with Gasteiger partial charge in [0, 0.05) is 35.8 Å². The Labute approximate surface area is 309 Å². The van der Waals surface area contributed by atoms with Crippen LogP contribution in [-0.4, -0.2) is 76.6 Å². The van der Waals surface area contributed by atoms with Gasteiger partial charge in [-0.3, -0.25) is 19.2 Å². The summed E-state index contributed by atoms with van der Waals surface area (Å²) in [5, 5.41) is 34.8. The molecule has 12 nitrogen and oxygen atoms in total. The van der Waals surface area contributed by atoms with Gasteiger partial charge in [0.05, 0.1) is 37.0 Å². The predicted octanol–water partition coefficient (Wildman–Crippen LogP) is 3.33. The third kappa shape index (κ3) is 7.50. The monoisotopic (exact) mass is 720 g/mol. The minimum atomic E-state index is -1.98. The SMILES string of the molecule is C[C@H](/C=C/CC(=O)N1Cc2ccccc2C[C@H]1CO)[C@@]1(O)C(=O)N(Cc2ccc(NC(=O)[C@H]3CCCN3)cc2)c2ccc(NC(=O)[C@H]3CCCN3)cc21. The molecular weight excluding hydrogens is 672 g/mol. The molecule has 3 aromatic rings. The number of amides is 4. The molecule has 0 radical (unpaired) electrons. The van der Waals surface area contributed by atoms with Crippen molar-refractivity contribution in [2.45, 2.75) is 82.3 Å². The fraction of sp³-hybridized carbons (Fsp3) is 0.415. The Morgan fingerprint density at radius 1 is 0.925 bits per heavy atom. The first-order valence-electron chi connectivity index (χ1n) is 18.7. The van der Waals surface area contributed by atoms with Crippen molar-refractivity contribution >= 4 is 40.7 Å². The van der Waals surface area contributed by atoms with Gasteiger partial charge in [0.25, 0.3) is 5.91 Å². The van der Waals surface area contributed by atoms with Crippen LogP contribution in [0.3, 0.4) is 0 Å². The Morgan fingerprint density at radius 3 is 2.21 bits per heavy atom. The van der Waals surface area contributed by atoms with E-state index in [0.717, 1.165) is 55.5 Å². The zero-order valence-corrected chi connectivity index (χ0v) is 30.0. The number of fused-ring (bicyclic) bond motifs is 2. The summed E-state index contributed by atoms with van der Waals surface area (Å²) in [5.41, 5.74) is 3.00. The third-order valence-corrected chi connectivity index (χ3v) is 11.1. The summed E-state index contributed by atoms with van der Waals surface area (Å²) in [6.45, 7) is 3.76. The lowest BCUT2D eigenvalue weighted by Crippen LogP contribution is -2.46. The van der Waals surface area contributed by atoms with Crippen molar-refractivity contribution in [2.75, 3.05) is 35.2 Å². The van der Waals surface area contributed by atoms with Gasteiger partial charge in [-0.15, -0.1) is 0 Å². The van der Waals surface area contributed by atoms with Gasteiger partial charge < -0.3 is 41.3 Å². The largest absolute Gasteiger partial charge is 0.394 e. The topological polar surface area (TPSA) is 163 Å². The van der Waals surface area contributed by atoms with E-state index in [0.29, 0.717) is 35.6 Å². The van der Waals surface area contributed by atoms with Crippen LogP contribution in [-0.2, 0) is 44.3 Å². The van der Waals surface area contributed by atoms with Crippen LogP contribution in [0.1, 0.15) is 61.3 Å². The second-order valence-corrected chi connectivity index (χ2v) is 14.6. The zero-order chi connectivity index (χ0) is 37.1. The van der Waals surface area contributed by atoms with Crippen LogP contribution in [0.4, 0.5) is 17.1 Å². The Hall–Kier alpha value is -4.88. The van der Waals surface area contributed by atoms with Crippen LogP contribution in [0.2, 0.25) is 0 Å². The molecule has 6 N–H and O–H groups in total. The van der Waals surface area contributed by atoms with Crippen LogP contribution in [0.5, 0.6) is 0 Å². The number of anilines is 3. The van der Waals surface area contributed by atoms with E-state index >= 15 is 0 Å². The van der Waals surface area contributed by atoms with Gasteiger partial charge in [0.2, 0.25) is 17.7 Å². The summed E-state index contributed by atoms with van der Waals surface area (Å²) in [5.74, 6) is -1.66. The summed E-state index contributed by atoms with van der Waals surface area (Å²) in [7, 11) is 0. The van der Waals surface area contributed by atoms with Crippen molar-refractivity contribution in [3.8, 4) is 0 Å². The Balaban J connectivity index is 1.10. The molecule has 7 rings (SSSR count). The molecule has 4 amide bonds. The predicted molar refractivity (Wildman–Crippen MR) is 202 cm³/mol. The van der Waals surface area contributed by atoms with E-state index in [1.165, 1.54) is 0 Å². The Bertz CT molecular complexity index is 1890. The summed E-state index contributed by atoms with van der Waals surface area (Å²) in [6, 6.07) is 19.5. The van der Waals surface area contributed by atoms with Crippen molar-refractivity contribution < 1.29 is 29.4 Å². The minimum absolute atomic E-state index is 0.0357. The van der Waals surface area contributed by atoms with E-state index in [1.807, 2.05) is 36.4 Å². The number of aliphatic hydroxyl groups excluding tert-OH is 1. The molecule has 0 saturated carbocycles. The summed E-state index contributed by atoms with van der Waals surface area (Å²) in [4.78, 5) is 56.6. The van der Waals surface area contributed by atoms with E-state index in [9.17, 15) is 29.4 Å². The number of hydrogen-bond donors (Lipinski definition) is 6. The molecule has 2 fully saturated rings. The molecule has 0 unspecified atom stereocenters. The molecule has 4 heterocycles. The van der Waals surface area contributed by atoms with Crippen molar-refractivity contribution in [1.82, 2.24) is 15.5 Å². The molecule has 5 atom stereocenters. The maximum atomic E-state index is 14.4. The number of benzene rings is 3. The van der Waals surface area contributed by atoms with E-state index in [2.05, 4.69) is 21.3 Å². The molecule has 4 aliphatic rings. The fourth-order valence-corrected chi connectivity index (χ4v) is 8.01. The number of aliphatic hydroxyl groups is 2. The number of nitrogens with one attached hydrogen (secondary N) is 4. The van der Waals surface area contributed by atoms with Crippen LogP contribution < -0.4 is 26.2 Å². The van der Waals surface area contributed by atoms with Crippen LogP contribution in [0.25, 0.3) is 0 Å². The molecule has 0 aliphatic carbocycles. The van der Waals surface area contributed by atoms with Crippen molar-refractivity contribution in [3.05, 3.63) is 101 Å². The van der Waals surface area contributed by atoms with Gasteiger partial charge in [-0.25, -0.2) is 0 Å². The number of carbonyl (C=O) groups excluding carboxylic acids is 4. The molecule has 0 aromatic heterocycles. The molecule has 53 heavy (non-hydrogen) atoms. The van der Waals surface area contributed by atoms with E-state index in [1.54, 1.807) is 59.2 Å². The first-order valence-corrected chi connectivity index (χ1v) is 18.7. The van der Waals surface area contributed by atoms with Gasteiger partial charge in [0.1, 0.15) is 0 Å². The normalized spacial score (nSPS) is 24.3. The van der Waals surface area contributed by atoms with Crippen molar-refractivity contribution in [2.24, 2.45) is 5.92 Å². The third-order valence-electron chi connectivity index (χ3n) is 11.1. The zero-order valence-electron chi connectivity index (χ0n) is 30.0. The molecule has 4 aliphatic heterocycles. The second kappa shape index (κ2) is 15.6. The minimum Gasteiger partial charge on any atom is -0.394 e. The number of rotatable bonds is 11. The lowest BCUT2D eigenvalue weighted by Gasteiger charge is -2.36. The lowest BCUT2D eigenvalue weighted by molar-refractivity contribution is -0.139. The summed E-state index contributed by atoms with van der Waals surface area (Å²) < 4.78 is 0. The summed E-state index contributed by atoms with van der Waals surface area (Å²) in [6.07, 6.45) is 7.39. The Kier molecular flexibility index (Phi) is 10.7. The fourth-order valence-electron chi connectivity index (χ4n) is 8.01. The molecule has 278 valence electrons. The Morgan fingerprint density at radius 2 is 1.57 bits per heavy atom. The maximum Gasteiger partial charge on any atom is 0.264 e. The van der Waals surface area contributed by atoms with E-state index in [-0.39, 0.29) is 55.4 Å². The molecular formula is C41H48N6O6. The average Bonchev–Trinajstić information content (AvgIpc) is 3.96. The smallest absolute Gasteiger partial charge is 0.264 e. The number of carbonyl (C=O) groups is 4. The first-order chi connectivity index (χ1) is 25.6. The highest BCUT2D eigenvalue weighted by atomic mass is 16.3. The molecule has 12 heteroatoms. The second-order valence-electron chi connectivity index (χ2n) is 14.6. The van der Waals surface area contributed by atoms with Gasteiger partial charge in [-0.05, 0) is 92.2 Å². The van der Waals surface area contributed by atoms with E-state index in [4.69, 9.17) is 0 Å². The van der Waals surface area contributed by atoms with Crippen molar-refractivity contribution in [3.63, 3.8) is 0 Å². The highest BCUT2D eigenvalue weighted by Gasteiger charge is 2.52. The number of nitrogens with zero attached hydrogens (tertiary/aromatic N) is 2. The van der Waals surface area contributed by atoms with Gasteiger partial charge in [-0.1, -0.05) is 55.5 Å². The standard InChI is InChI=1S/C41H48N6O6/c1-26(7-4-12-37(49)46-24-29-9-3-2-8-28(29)21-32(46)25-48)41(53)33-22-31(45-39(51)35-11-6-20-43-35)17-18-36(33)47(40(41)52)23-27-13-15-30(16-14-27)44-38(50)34-10-5-19-42-34/h2-4,7-9,13-18,22,26,32,34-35,42-43,48,53H,5-6,10-12,19-21,23-25H2,1H3,(H,44,50)(H,45,51)/b7-4+/t26-,32+,34-,35-,41+/m1/s1. The van der Waals surface area contributed by atoms with Crippen LogP contribution in [0.15, 0.2) is 78.9 Å². The highest BCUT2D eigenvalue weighted by molar-refractivity contribution is 6.08.